The number of methoxy groups -OCH3 is 1. The van der Waals surface area contributed by atoms with Crippen LogP contribution in [-0.4, -0.2) is 77.3 Å². The van der Waals surface area contributed by atoms with Gasteiger partial charge in [0, 0.05) is 37.2 Å². The molecule has 0 saturated carbocycles. The Balaban J connectivity index is 2.65. The minimum Gasteiger partial charge on any atom is -0.480 e. The summed E-state index contributed by atoms with van der Waals surface area (Å²) in [6.07, 6.45) is 0. The molecule has 0 spiro atoms. The molecule has 1 heterocycles. The molecule has 1 aliphatic heterocycles. The van der Waals surface area contributed by atoms with Gasteiger partial charge >= 0.3 is 12.0 Å². The van der Waals surface area contributed by atoms with Crippen LogP contribution in [0.15, 0.2) is 0 Å². The van der Waals surface area contributed by atoms with Crippen LogP contribution in [0, 0.1) is 0 Å². The Hall–Kier alpha value is -0.950. The Morgan fingerprint density at radius 2 is 1.95 bits per heavy atom. The number of rotatable bonds is 5. The van der Waals surface area contributed by atoms with Gasteiger partial charge in [0.25, 0.3) is 0 Å². The highest BCUT2D eigenvalue weighted by Crippen LogP contribution is 2.25. The van der Waals surface area contributed by atoms with Crippen LogP contribution in [0.5, 0.6) is 0 Å². The van der Waals surface area contributed by atoms with Gasteiger partial charge in [-0.3, -0.25) is 4.79 Å². The third-order valence-electron chi connectivity index (χ3n) is 2.85. The van der Waals surface area contributed by atoms with Crippen molar-refractivity contribution in [3.63, 3.8) is 0 Å². The summed E-state index contributed by atoms with van der Waals surface area (Å²) in [5.41, 5.74) is 0. The molecule has 1 fully saturated rings. The lowest BCUT2D eigenvalue weighted by Crippen LogP contribution is -2.52. The van der Waals surface area contributed by atoms with Crippen LogP contribution < -0.4 is 0 Å². The average molecular weight is 290 g/mol. The maximum Gasteiger partial charge on any atom is 0.323 e. The second-order valence-corrected chi connectivity index (χ2v) is 6.63. The van der Waals surface area contributed by atoms with Crippen molar-refractivity contribution in [3.8, 4) is 0 Å². The molecular formula is C12H22N2O4S. The molecule has 110 valence electrons. The fraction of sp³-hybridized carbons (Fsp3) is 0.833. The zero-order valence-corrected chi connectivity index (χ0v) is 12.5. The summed E-state index contributed by atoms with van der Waals surface area (Å²) in [5.74, 6) is -1.00. The maximum absolute atomic E-state index is 12.4. The number of carboxylic acids is 1. The molecule has 0 aromatic rings. The normalized spacial score (nSPS) is 23.2. The van der Waals surface area contributed by atoms with Gasteiger partial charge in [-0.25, -0.2) is 4.79 Å². The summed E-state index contributed by atoms with van der Waals surface area (Å²) in [6, 6.07) is -0.210. The van der Waals surface area contributed by atoms with Crippen LogP contribution >= 0.6 is 11.8 Å². The number of hydrogen-bond acceptors (Lipinski definition) is 4. The molecule has 0 aromatic heterocycles. The summed E-state index contributed by atoms with van der Waals surface area (Å²) in [5, 5.41) is 9.63. The monoisotopic (exact) mass is 290 g/mol. The Labute approximate surface area is 118 Å². The summed E-state index contributed by atoms with van der Waals surface area (Å²) < 4.78 is 4.92. The average Bonchev–Trinajstić information content (AvgIpc) is 2.32. The number of nitrogens with zero attached hydrogens (tertiary/aromatic N) is 2. The third-order valence-corrected chi connectivity index (χ3v) is 4.08. The lowest BCUT2D eigenvalue weighted by Gasteiger charge is -2.37. The van der Waals surface area contributed by atoms with E-state index >= 15 is 0 Å². The van der Waals surface area contributed by atoms with E-state index in [2.05, 4.69) is 13.8 Å². The van der Waals surface area contributed by atoms with E-state index in [4.69, 9.17) is 9.84 Å². The number of ether oxygens (including phenoxy) is 1. The molecule has 0 aliphatic carbocycles. The van der Waals surface area contributed by atoms with Gasteiger partial charge in [-0.15, -0.1) is 0 Å². The van der Waals surface area contributed by atoms with E-state index in [9.17, 15) is 9.59 Å². The molecule has 0 aromatic carbocycles. The smallest absolute Gasteiger partial charge is 0.323 e. The molecule has 1 N–H and O–H groups in total. The highest BCUT2D eigenvalue weighted by atomic mass is 32.2. The number of carbonyl (C=O) groups excluding carboxylic acids is 1. The molecule has 1 saturated heterocycles. The van der Waals surface area contributed by atoms with Crippen LogP contribution in [0.3, 0.4) is 0 Å². The quantitative estimate of drug-likeness (QED) is 0.817. The van der Waals surface area contributed by atoms with Gasteiger partial charge in [0.1, 0.15) is 6.54 Å². The van der Waals surface area contributed by atoms with Gasteiger partial charge in [-0.1, -0.05) is 13.8 Å². The van der Waals surface area contributed by atoms with E-state index in [1.165, 1.54) is 12.0 Å². The van der Waals surface area contributed by atoms with Gasteiger partial charge in [-0.2, -0.15) is 11.8 Å². The Morgan fingerprint density at radius 1 is 1.37 bits per heavy atom. The Bertz CT molecular complexity index is 317. The van der Waals surface area contributed by atoms with E-state index < -0.39 is 5.97 Å². The first kappa shape index (κ1) is 16.1. The van der Waals surface area contributed by atoms with Crippen molar-refractivity contribution in [2.45, 2.75) is 24.3 Å². The first-order valence-corrected chi connectivity index (χ1v) is 7.28. The minimum atomic E-state index is -1.00. The van der Waals surface area contributed by atoms with Crippen LogP contribution in [0.25, 0.3) is 0 Å². The summed E-state index contributed by atoms with van der Waals surface area (Å²) in [7, 11) is 1.53. The zero-order valence-electron chi connectivity index (χ0n) is 11.7. The molecule has 2 atom stereocenters. The van der Waals surface area contributed by atoms with Crippen molar-refractivity contribution in [1.82, 2.24) is 9.80 Å². The van der Waals surface area contributed by atoms with Crippen molar-refractivity contribution >= 4 is 23.8 Å². The van der Waals surface area contributed by atoms with E-state index in [-0.39, 0.29) is 12.6 Å². The topological polar surface area (TPSA) is 70.1 Å². The summed E-state index contributed by atoms with van der Waals surface area (Å²) in [4.78, 5) is 26.3. The fourth-order valence-electron chi connectivity index (χ4n) is 2.14. The van der Waals surface area contributed by atoms with Gasteiger partial charge in [0.15, 0.2) is 0 Å². The number of urea groups is 1. The molecule has 19 heavy (non-hydrogen) atoms. The zero-order chi connectivity index (χ0) is 14.4. The van der Waals surface area contributed by atoms with Crippen molar-refractivity contribution in [2.24, 2.45) is 0 Å². The van der Waals surface area contributed by atoms with Gasteiger partial charge in [0.05, 0.1) is 6.61 Å². The molecule has 1 rings (SSSR count). The van der Waals surface area contributed by atoms with Crippen LogP contribution in [0.4, 0.5) is 4.79 Å². The van der Waals surface area contributed by atoms with Gasteiger partial charge in [-0.05, 0) is 0 Å². The predicted molar refractivity (Wildman–Crippen MR) is 74.6 cm³/mol. The second-order valence-electron chi connectivity index (χ2n) is 4.75. The molecule has 0 radical (unpaired) electrons. The lowest BCUT2D eigenvalue weighted by atomic mass is 10.3. The van der Waals surface area contributed by atoms with E-state index in [1.54, 1.807) is 4.90 Å². The van der Waals surface area contributed by atoms with Gasteiger partial charge in [0.2, 0.25) is 0 Å². The maximum atomic E-state index is 12.4. The standard InChI is InChI=1S/C12H22N2O4S/c1-9-6-14(7-10(2)19-9)12(17)13(4-5-18-3)8-11(15)16/h9-10H,4-8H2,1-3H3,(H,15,16). The predicted octanol–water partition coefficient (Wildman–Crippen LogP) is 0.965. The SMILES string of the molecule is COCCN(CC(=O)O)C(=O)N1CC(C)SC(C)C1. The fourth-order valence-corrected chi connectivity index (χ4v) is 3.47. The van der Waals surface area contributed by atoms with Gasteiger partial charge < -0.3 is 19.6 Å². The molecule has 2 unspecified atom stereocenters. The number of carbonyl (C=O) groups is 2. The Kier molecular flexibility index (Phi) is 6.44. The van der Waals surface area contributed by atoms with E-state index in [0.29, 0.717) is 36.7 Å². The van der Waals surface area contributed by atoms with Crippen LogP contribution in [0.2, 0.25) is 0 Å². The lowest BCUT2D eigenvalue weighted by molar-refractivity contribution is -0.137. The third kappa shape index (κ3) is 5.28. The molecular weight excluding hydrogens is 268 g/mol. The Morgan fingerprint density at radius 3 is 2.42 bits per heavy atom. The van der Waals surface area contributed by atoms with Crippen LogP contribution in [-0.2, 0) is 9.53 Å². The molecule has 6 nitrogen and oxygen atoms in total. The van der Waals surface area contributed by atoms with E-state index in [0.717, 1.165) is 0 Å². The number of amides is 2. The minimum absolute atomic E-state index is 0.210. The number of hydrogen-bond donors (Lipinski definition) is 1. The summed E-state index contributed by atoms with van der Waals surface area (Å²) in [6.45, 7) is 5.85. The molecule has 1 aliphatic rings. The largest absolute Gasteiger partial charge is 0.480 e. The summed E-state index contributed by atoms with van der Waals surface area (Å²) >= 11 is 1.85. The van der Waals surface area contributed by atoms with E-state index in [1.807, 2.05) is 11.8 Å². The van der Waals surface area contributed by atoms with Crippen LogP contribution in [0.1, 0.15) is 13.8 Å². The first-order valence-electron chi connectivity index (χ1n) is 6.34. The van der Waals surface area contributed by atoms with Crippen molar-refractivity contribution in [1.29, 1.82) is 0 Å². The number of carboxylic acid groups (broad SMARTS) is 1. The second kappa shape index (κ2) is 7.59. The number of aliphatic carboxylic acids is 1. The molecule has 2 amide bonds. The van der Waals surface area contributed by atoms with Crippen molar-refractivity contribution in [2.75, 3.05) is 39.9 Å². The highest BCUT2D eigenvalue weighted by Gasteiger charge is 2.29. The van der Waals surface area contributed by atoms with Crippen molar-refractivity contribution in [3.05, 3.63) is 0 Å². The first-order chi connectivity index (χ1) is 8.93. The van der Waals surface area contributed by atoms with Crippen molar-refractivity contribution < 1.29 is 19.4 Å². The highest BCUT2D eigenvalue weighted by molar-refractivity contribution is 8.00. The molecule has 7 heteroatoms. The number of thioether (sulfide) groups is 1. The molecule has 0 bridgehead atoms.